The minimum atomic E-state index is 0.000277. The summed E-state index contributed by atoms with van der Waals surface area (Å²) in [6.45, 7) is 0. The van der Waals surface area contributed by atoms with E-state index in [0.29, 0.717) is 33.9 Å². The number of thioether (sulfide) groups is 1. The highest BCUT2D eigenvalue weighted by molar-refractivity contribution is 7.99. The maximum absolute atomic E-state index is 12.2. The average molecular weight is 359 g/mol. The number of hydrogen-bond donors (Lipinski definition) is 0. The van der Waals surface area contributed by atoms with Gasteiger partial charge in [-0.25, -0.2) is 0 Å². The number of ether oxygens (including phenoxy) is 2. The number of benzene rings is 1. The molecule has 3 aromatic rings. The largest absolute Gasteiger partial charge is 0.497 e. The van der Waals surface area contributed by atoms with Gasteiger partial charge in [0, 0.05) is 24.9 Å². The van der Waals surface area contributed by atoms with Gasteiger partial charge >= 0.3 is 0 Å². The van der Waals surface area contributed by atoms with Crippen molar-refractivity contribution >= 4 is 17.5 Å². The van der Waals surface area contributed by atoms with E-state index >= 15 is 0 Å². The Kier molecular flexibility index (Phi) is 5.08. The molecule has 0 spiro atoms. The second-order valence-electron chi connectivity index (χ2n) is 5.19. The fourth-order valence-electron chi connectivity index (χ4n) is 2.27. The molecule has 1 aromatic carbocycles. The van der Waals surface area contributed by atoms with E-state index in [2.05, 4.69) is 10.2 Å². The maximum atomic E-state index is 12.2. The van der Waals surface area contributed by atoms with E-state index < -0.39 is 0 Å². The average Bonchev–Trinajstić information content (AvgIpc) is 3.28. The molecule has 0 atom stereocenters. The number of carbonyl (C=O) groups is 1. The van der Waals surface area contributed by atoms with Crippen LogP contribution in [0.3, 0.4) is 0 Å². The second kappa shape index (κ2) is 7.43. The summed E-state index contributed by atoms with van der Waals surface area (Å²) in [7, 11) is 4.98. The first-order valence-corrected chi connectivity index (χ1v) is 8.43. The van der Waals surface area contributed by atoms with Gasteiger partial charge in [-0.3, -0.25) is 4.79 Å². The molecule has 0 saturated heterocycles. The lowest BCUT2D eigenvalue weighted by Gasteiger charge is -2.05. The summed E-state index contributed by atoms with van der Waals surface area (Å²) in [6.07, 6.45) is 1.83. The van der Waals surface area contributed by atoms with Gasteiger partial charge in [0.1, 0.15) is 11.5 Å². The number of aryl methyl sites for hydroxylation is 1. The van der Waals surface area contributed by atoms with Crippen LogP contribution in [0.25, 0.3) is 11.5 Å². The number of nitrogens with zero attached hydrogens (tertiary/aromatic N) is 3. The van der Waals surface area contributed by atoms with Crippen LogP contribution in [0.4, 0.5) is 0 Å². The van der Waals surface area contributed by atoms with Crippen LogP contribution in [0.1, 0.15) is 10.5 Å². The number of hydrogen-bond acceptors (Lipinski definition) is 7. The van der Waals surface area contributed by atoms with E-state index in [1.54, 1.807) is 43.1 Å². The van der Waals surface area contributed by atoms with Gasteiger partial charge in [-0.2, -0.15) is 0 Å². The van der Waals surface area contributed by atoms with Crippen molar-refractivity contribution in [1.82, 2.24) is 14.8 Å². The van der Waals surface area contributed by atoms with Crippen LogP contribution in [-0.2, 0) is 7.05 Å². The third-order valence-corrected chi connectivity index (χ3v) is 4.38. The third-order valence-electron chi connectivity index (χ3n) is 3.56. The molecule has 25 heavy (non-hydrogen) atoms. The number of aromatic nitrogens is 3. The highest BCUT2D eigenvalue weighted by atomic mass is 32.2. The van der Waals surface area contributed by atoms with Crippen LogP contribution in [0.15, 0.2) is 46.2 Å². The Bertz CT molecular complexity index is 865. The highest BCUT2D eigenvalue weighted by Crippen LogP contribution is 2.30. The van der Waals surface area contributed by atoms with Gasteiger partial charge in [-0.05, 0) is 24.3 Å². The normalized spacial score (nSPS) is 10.7. The van der Waals surface area contributed by atoms with E-state index in [1.165, 1.54) is 11.8 Å². The first-order valence-electron chi connectivity index (χ1n) is 7.45. The number of carbonyl (C=O) groups excluding carboxylic acids is 1. The smallest absolute Gasteiger partial charge is 0.277 e. The molecule has 2 heterocycles. The summed E-state index contributed by atoms with van der Waals surface area (Å²) < 4.78 is 17.9. The highest BCUT2D eigenvalue weighted by Gasteiger charge is 2.15. The Morgan fingerprint density at radius 3 is 2.52 bits per heavy atom. The molecule has 0 aliphatic carbocycles. The van der Waals surface area contributed by atoms with Gasteiger partial charge in [-0.1, -0.05) is 11.8 Å². The molecule has 7 nitrogen and oxygen atoms in total. The summed E-state index contributed by atoms with van der Waals surface area (Å²) >= 11 is 1.21. The van der Waals surface area contributed by atoms with Crippen molar-refractivity contribution in [2.24, 2.45) is 7.05 Å². The molecule has 0 aliphatic heterocycles. The molecule has 2 aromatic heterocycles. The SMILES string of the molecule is COc1cc(OC)cc(-c2nnc(SCC(=O)c3cccn3C)o2)c1. The predicted octanol–water partition coefficient (Wildman–Crippen LogP) is 3.07. The monoisotopic (exact) mass is 359 g/mol. The third kappa shape index (κ3) is 3.85. The van der Waals surface area contributed by atoms with Crippen molar-refractivity contribution < 1.29 is 18.7 Å². The Labute approximate surface area is 149 Å². The Morgan fingerprint density at radius 2 is 1.92 bits per heavy atom. The van der Waals surface area contributed by atoms with Crippen molar-refractivity contribution in [3.8, 4) is 23.0 Å². The van der Waals surface area contributed by atoms with Crippen LogP contribution in [0.5, 0.6) is 11.5 Å². The van der Waals surface area contributed by atoms with Crippen LogP contribution in [-0.4, -0.2) is 40.5 Å². The number of ketones is 1. The van der Waals surface area contributed by atoms with Crippen molar-refractivity contribution in [2.45, 2.75) is 5.22 Å². The zero-order chi connectivity index (χ0) is 17.8. The first-order chi connectivity index (χ1) is 12.1. The van der Waals surface area contributed by atoms with E-state index in [4.69, 9.17) is 13.9 Å². The van der Waals surface area contributed by atoms with Gasteiger partial charge in [0.05, 0.1) is 25.7 Å². The molecule has 8 heteroatoms. The quantitative estimate of drug-likeness (QED) is 0.474. The van der Waals surface area contributed by atoms with Crippen molar-refractivity contribution in [3.63, 3.8) is 0 Å². The maximum Gasteiger partial charge on any atom is 0.277 e. The van der Waals surface area contributed by atoms with Gasteiger partial charge in [0.25, 0.3) is 5.22 Å². The topological polar surface area (TPSA) is 79.4 Å². The minimum absolute atomic E-state index is 0.000277. The molecule has 0 amide bonds. The van der Waals surface area contributed by atoms with Crippen LogP contribution in [0.2, 0.25) is 0 Å². The molecule has 0 N–H and O–H groups in total. The molecule has 0 aliphatic rings. The summed E-state index contributed by atoms with van der Waals surface area (Å²) in [6, 6.07) is 8.93. The lowest BCUT2D eigenvalue weighted by Crippen LogP contribution is -2.07. The van der Waals surface area contributed by atoms with E-state index in [-0.39, 0.29) is 11.5 Å². The molecule has 0 bridgehead atoms. The van der Waals surface area contributed by atoms with Gasteiger partial charge in [0.15, 0.2) is 5.78 Å². The molecule has 3 rings (SSSR count). The van der Waals surface area contributed by atoms with E-state index in [1.807, 2.05) is 19.3 Å². The van der Waals surface area contributed by atoms with E-state index in [9.17, 15) is 4.79 Å². The Hall–Kier alpha value is -2.74. The number of rotatable bonds is 7. The summed E-state index contributed by atoms with van der Waals surface area (Å²) in [5.41, 5.74) is 1.33. The zero-order valence-electron chi connectivity index (χ0n) is 14.1. The second-order valence-corrected chi connectivity index (χ2v) is 6.12. The van der Waals surface area contributed by atoms with Crippen LogP contribution < -0.4 is 9.47 Å². The molecule has 0 fully saturated rings. The zero-order valence-corrected chi connectivity index (χ0v) is 14.9. The first kappa shape index (κ1) is 17.1. The Morgan fingerprint density at radius 1 is 1.20 bits per heavy atom. The van der Waals surface area contributed by atoms with Gasteiger partial charge in [0.2, 0.25) is 5.89 Å². The van der Waals surface area contributed by atoms with Crippen molar-refractivity contribution in [2.75, 3.05) is 20.0 Å². The standard InChI is InChI=1S/C17H17N3O4S/c1-20-6-4-5-14(20)15(21)10-25-17-19-18-16(24-17)11-7-12(22-2)9-13(8-11)23-3/h4-9H,10H2,1-3H3. The van der Waals surface area contributed by atoms with Crippen LogP contribution in [0, 0.1) is 0 Å². The lowest BCUT2D eigenvalue weighted by atomic mass is 10.2. The van der Waals surface area contributed by atoms with E-state index in [0.717, 1.165) is 0 Å². The molecule has 130 valence electrons. The minimum Gasteiger partial charge on any atom is -0.497 e. The summed E-state index contributed by atoms with van der Waals surface area (Å²) in [5.74, 6) is 1.81. The lowest BCUT2D eigenvalue weighted by molar-refractivity contribution is 0.101. The summed E-state index contributed by atoms with van der Waals surface area (Å²) in [5, 5.41) is 8.35. The van der Waals surface area contributed by atoms with Crippen molar-refractivity contribution in [3.05, 3.63) is 42.2 Å². The molecule has 0 radical (unpaired) electrons. The fourth-order valence-corrected chi connectivity index (χ4v) is 2.91. The predicted molar refractivity (Wildman–Crippen MR) is 93.3 cm³/mol. The number of Topliss-reactive ketones (excluding diaryl/α,β-unsaturated/α-hetero) is 1. The molecule has 0 unspecified atom stereocenters. The molecular formula is C17H17N3O4S. The van der Waals surface area contributed by atoms with Crippen molar-refractivity contribution in [1.29, 1.82) is 0 Å². The molecular weight excluding hydrogens is 342 g/mol. The number of methoxy groups -OCH3 is 2. The molecule has 0 saturated carbocycles. The van der Waals surface area contributed by atoms with Crippen LogP contribution >= 0.6 is 11.8 Å². The Balaban J connectivity index is 1.72. The summed E-state index contributed by atoms with van der Waals surface area (Å²) in [4.78, 5) is 12.2. The fraction of sp³-hybridized carbons (Fsp3) is 0.235. The van der Waals surface area contributed by atoms with Gasteiger partial charge < -0.3 is 18.5 Å². The van der Waals surface area contributed by atoms with Gasteiger partial charge in [-0.15, -0.1) is 10.2 Å².